The molecule has 3 rings (SSSR count). The van der Waals surface area contributed by atoms with Gasteiger partial charge in [-0.05, 0) is 31.4 Å². The van der Waals surface area contributed by atoms with E-state index in [2.05, 4.69) is 5.10 Å². The maximum atomic E-state index is 11.9. The van der Waals surface area contributed by atoms with Crippen LogP contribution in [0.5, 0.6) is 0 Å². The number of anilines is 1. The monoisotopic (exact) mass is 272 g/mol. The second-order valence-electron chi connectivity index (χ2n) is 5.60. The molecule has 0 unspecified atom stereocenters. The summed E-state index contributed by atoms with van der Waals surface area (Å²) in [6.45, 7) is 2.32. The number of nitrogens with two attached hydrogens (primary N) is 1. The quantitative estimate of drug-likeness (QED) is 0.930. The summed E-state index contributed by atoms with van der Waals surface area (Å²) in [6, 6.07) is 4.09. The minimum atomic E-state index is -0.0351. The van der Waals surface area contributed by atoms with E-state index in [9.17, 15) is 4.79 Å². The first-order valence-corrected chi connectivity index (χ1v) is 7.14. The molecule has 20 heavy (non-hydrogen) atoms. The van der Waals surface area contributed by atoms with Crippen LogP contribution < -0.4 is 11.3 Å². The highest BCUT2D eigenvalue weighted by atomic mass is 16.1. The lowest BCUT2D eigenvalue weighted by atomic mass is 10.2. The Labute approximate surface area is 118 Å². The van der Waals surface area contributed by atoms with Crippen molar-refractivity contribution in [3.8, 4) is 0 Å². The van der Waals surface area contributed by atoms with Gasteiger partial charge in [-0.2, -0.15) is 5.10 Å². The third-order valence-corrected chi connectivity index (χ3v) is 4.07. The van der Waals surface area contributed by atoms with E-state index >= 15 is 0 Å². The standard InChI is InChI=1S/C15H20N4O/c1-11-8-15(20)18(10-14(11)16)9-12-6-7-19(17-12)13-4-2-3-5-13/h6-8,10,13H,2-5,9,16H2,1H3. The Morgan fingerprint density at radius 3 is 2.90 bits per heavy atom. The van der Waals surface area contributed by atoms with Crippen LogP contribution in [0.15, 0.2) is 29.3 Å². The van der Waals surface area contributed by atoms with Gasteiger partial charge in [0.15, 0.2) is 0 Å². The molecule has 0 saturated heterocycles. The maximum absolute atomic E-state index is 11.9. The van der Waals surface area contributed by atoms with Crippen LogP contribution in [0.1, 0.15) is 43.0 Å². The summed E-state index contributed by atoms with van der Waals surface area (Å²) in [4.78, 5) is 11.9. The van der Waals surface area contributed by atoms with Crippen LogP contribution in [0.25, 0.3) is 0 Å². The normalized spacial score (nSPS) is 15.8. The Kier molecular flexibility index (Phi) is 3.34. The molecule has 1 fully saturated rings. The highest BCUT2D eigenvalue weighted by Gasteiger charge is 2.17. The molecule has 2 aromatic heterocycles. The van der Waals surface area contributed by atoms with Crippen LogP contribution >= 0.6 is 0 Å². The van der Waals surface area contributed by atoms with Crippen molar-refractivity contribution >= 4 is 5.69 Å². The first-order valence-electron chi connectivity index (χ1n) is 7.14. The number of nitrogens with zero attached hydrogens (tertiary/aromatic N) is 3. The molecule has 0 radical (unpaired) electrons. The van der Waals surface area contributed by atoms with Crippen molar-refractivity contribution in [3.63, 3.8) is 0 Å². The van der Waals surface area contributed by atoms with E-state index in [0.717, 1.165) is 11.3 Å². The van der Waals surface area contributed by atoms with Gasteiger partial charge in [-0.25, -0.2) is 0 Å². The van der Waals surface area contributed by atoms with Crippen LogP contribution in [0.2, 0.25) is 0 Å². The van der Waals surface area contributed by atoms with E-state index in [0.29, 0.717) is 18.3 Å². The molecule has 106 valence electrons. The molecule has 1 saturated carbocycles. The number of hydrogen-bond donors (Lipinski definition) is 1. The average molecular weight is 272 g/mol. The fraction of sp³-hybridized carbons (Fsp3) is 0.467. The van der Waals surface area contributed by atoms with Crippen molar-refractivity contribution in [1.29, 1.82) is 0 Å². The number of hydrogen-bond acceptors (Lipinski definition) is 3. The Balaban J connectivity index is 1.81. The lowest BCUT2D eigenvalue weighted by molar-refractivity contribution is 0.461. The van der Waals surface area contributed by atoms with Crippen LogP contribution in [0.4, 0.5) is 5.69 Å². The molecule has 0 bridgehead atoms. The minimum Gasteiger partial charge on any atom is -0.397 e. The molecule has 5 heteroatoms. The topological polar surface area (TPSA) is 65.8 Å². The van der Waals surface area contributed by atoms with Gasteiger partial charge >= 0.3 is 0 Å². The number of aryl methyl sites for hydroxylation is 1. The summed E-state index contributed by atoms with van der Waals surface area (Å²) < 4.78 is 3.66. The molecule has 0 atom stereocenters. The molecule has 1 aliphatic carbocycles. The lowest BCUT2D eigenvalue weighted by Gasteiger charge is -2.09. The van der Waals surface area contributed by atoms with E-state index in [1.54, 1.807) is 16.8 Å². The second-order valence-corrected chi connectivity index (χ2v) is 5.60. The summed E-state index contributed by atoms with van der Waals surface area (Å²) in [5.41, 5.74) is 8.19. The van der Waals surface area contributed by atoms with Gasteiger partial charge < -0.3 is 10.3 Å². The molecular weight excluding hydrogens is 252 g/mol. The highest BCUT2D eigenvalue weighted by molar-refractivity contribution is 5.43. The Bertz CT molecular complexity index is 665. The van der Waals surface area contributed by atoms with E-state index in [1.165, 1.54) is 25.7 Å². The van der Waals surface area contributed by atoms with Gasteiger partial charge in [0.1, 0.15) is 0 Å². The van der Waals surface area contributed by atoms with Crippen molar-refractivity contribution in [2.75, 3.05) is 5.73 Å². The molecule has 1 aliphatic rings. The molecule has 2 N–H and O–H groups in total. The molecule has 2 heterocycles. The number of rotatable bonds is 3. The van der Waals surface area contributed by atoms with Crippen molar-refractivity contribution in [3.05, 3.63) is 46.1 Å². The van der Waals surface area contributed by atoms with Gasteiger partial charge in [0, 0.05) is 18.5 Å². The fourth-order valence-electron chi connectivity index (χ4n) is 2.82. The van der Waals surface area contributed by atoms with Crippen LogP contribution in [-0.4, -0.2) is 14.3 Å². The average Bonchev–Trinajstić information content (AvgIpc) is 3.06. The molecule has 0 spiro atoms. The lowest BCUT2D eigenvalue weighted by Crippen LogP contribution is -2.21. The molecule has 0 aliphatic heterocycles. The highest BCUT2D eigenvalue weighted by Crippen LogP contribution is 2.28. The Morgan fingerprint density at radius 2 is 2.15 bits per heavy atom. The maximum Gasteiger partial charge on any atom is 0.251 e. The Hall–Kier alpha value is -2.04. The largest absolute Gasteiger partial charge is 0.397 e. The second kappa shape index (κ2) is 5.15. The van der Waals surface area contributed by atoms with Crippen LogP contribution in [0, 0.1) is 6.92 Å². The van der Waals surface area contributed by atoms with Gasteiger partial charge in [-0.15, -0.1) is 0 Å². The van der Waals surface area contributed by atoms with E-state index in [-0.39, 0.29) is 5.56 Å². The smallest absolute Gasteiger partial charge is 0.251 e. The van der Waals surface area contributed by atoms with Gasteiger partial charge in [0.25, 0.3) is 5.56 Å². The summed E-state index contributed by atoms with van der Waals surface area (Å²) in [5.74, 6) is 0. The summed E-state index contributed by atoms with van der Waals surface area (Å²) in [7, 11) is 0. The number of nitrogen functional groups attached to an aromatic ring is 1. The van der Waals surface area contributed by atoms with Gasteiger partial charge in [-0.3, -0.25) is 9.48 Å². The Morgan fingerprint density at radius 1 is 1.40 bits per heavy atom. The number of pyridine rings is 1. The van der Waals surface area contributed by atoms with E-state index < -0.39 is 0 Å². The zero-order chi connectivity index (χ0) is 14.1. The zero-order valence-corrected chi connectivity index (χ0v) is 11.7. The van der Waals surface area contributed by atoms with E-state index in [1.807, 2.05) is 23.9 Å². The van der Waals surface area contributed by atoms with E-state index in [4.69, 9.17) is 5.73 Å². The van der Waals surface area contributed by atoms with Crippen molar-refractivity contribution in [1.82, 2.24) is 14.3 Å². The molecule has 0 amide bonds. The van der Waals surface area contributed by atoms with Gasteiger partial charge in [0.2, 0.25) is 0 Å². The van der Waals surface area contributed by atoms with Crippen molar-refractivity contribution in [2.45, 2.75) is 45.2 Å². The van der Waals surface area contributed by atoms with Crippen molar-refractivity contribution in [2.24, 2.45) is 0 Å². The first kappa shape index (κ1) is 13.0. The molecule has 2 aromatic rings. The summed E-state index contributed by atoms with van der Waals surface area (Å²) in [6.07, 6.45) is 8.71. The van der Waals surface area contributed by atoms with Crippen molar-refractivity contribution < 1.29 is 0 Å². The summed E-state index contributed by atoms with van der Waals surface area (Å²) in [5, 5.41) is 4.60. The molecular formula is C15H20N4O. The molecule has 0 aromatic carbocycles. The third kappa shape index (κ3) is 2.48. The predicted molar refractivity (Wildman–Crippen MR) is 78.7 cm³/mol. The minimum absolute atomic E-state index is 0.0351. The third-order valence-electron chi connectivity index (χ3n) is 4.07. The zero-order valence-electron chi connectivity index (χ0n) is 11.7. The first-order chi connectivity index (χ1) is 9.63. The summed E-state index contributed by atoms with van der Waals surface area (Å²) >= 11 is 0. The number of aromatic nitrogens is 3. The van der Waals surface area contributed by atoms with Crippen LogP contribution in [0.3, 0.4) is 0 Å². The molecule has 5 nitrogen and oxygen atoms in total. The van der Waals surface area contributed by atoms with Crippen LogP contribution in [-0.2, 0) is 6.54 Å². The SMILES string of the molecule is Cc1cc(=O)n(Cc2ccn(C3CCCC3)n2)cc1N. The fourth-order valence-corrected chi connectivity index (χ4v) is 2.82. The van der Waals surface area contributed by atoms with Gasteiger partial charge in [0.05, 0.1) is 24.0 Å². The van der Waals surface area contributed by atoms with Gasteiger partial charge in [-0.1, -0.05) is 12.8 Å². The predicted octanol–water partition coefficient (Wildman–Crippen LogP) is 2.10.